The predicted octanol–water partition coefficient (Wildman–Crippen LogP) is 1.42. The molecule has 0 aliphatic rings. The van der Waals surface area contributed by atoms with Crippen molar-refractivity contribution in [1.82, 2.24) is 14.8 Å². The molecular weight excluding hydrogens is 208 g/mol. The Hall–Kier alpha value is -1.33. The smallest absolute Gasteiger partial charge is 0.101 e. The largest absolute Gasteiger partial charge is 0.325 e. The molecule has 0 amide bonds. The van der Waals surface area contributed by atoms with Crippen LogP contribution in [0.25, 0.3) is 0 Å². The molecule has 0 aliphatic carbocycles. The fraction of sp³-hybridized carbons (Fsp3) is 0.200. The van der Waals surface area contributed by atoms with Crippen LogP contribution in [0.15, 0.2) is 40.5 Å². The summed E-state index contributed by atoms with van der Waals surface area (Å²) in [5.74, 6) is 0. The first-order valence-corrected chi connectivity index (χ1v) is 5.42. The number of rotatable bonds is 3. The summed E-state index contributed by atoms with van der Waals surface area (Å²) in [6, 6.07) is 5.86. The first kappa shape index (κ1) is 10.2. The Kier molecular flexibility index (Phi) is 3.03. The molecule has 5 heteroatoms. The van der Waals surface area contributed by atoms with E-state index in [2.05, 4.69) is 10.1 Å². The lowest BCUT2D eigenvalue weighted by atomic mass is 10.4. The number of hydrogen-bond donors (Lipinski definition) is 1. The minimum atomic E-state index is 0.474. The van der Waals surface area contributed by atoms with E-state index in [-0.39, 0.29) is 0 Å². The molecule has 2 aromatic heterocycles. The molecule has 0 unspecified atom stereocenters. The molecule has 2 heterocycles. The summed E-state index contributed by atoms with van der Waals surface area (Å²) in [7, 11) is 1.90. The molecule has 2 rings (SSSR count). The van der Waals surface area contributed by atoms with Crippen LogP contribution >= 0.6 is 11.8 Å². The van der Waals surface area contributed by atoms with Gasteiger partial charge in [-0.3, -0.25) is 4.68 Å². The molecule has 0 aliphatic heterocycles. The average Bonchev–Trinajstić information content (AvgIpc) is 2.64. The molecule has 2 N–H and O–H groups in total. The second-order valence-electron chi connectivity index (χ2n) is 3.12. The van der Waals surface area contributed by atoms with Crippen LogP contribution in [0.5, 0.6) is 0 Å². The van der Waals surface area contributed by atoms with Gasteiger partial charge in [-0.25, -0.2) is 4.98 Å². The van der Waals surface area contributed by atoms with Gasteiger partial charge < -0.3 is 5.73 Å². The zero-order valence-corrected chi connectivity index (χ0v) is 9.24. The third kappa shape index (κ3) is 2.57. The molecule has 0 bridgehead atoms. The van der Waals surface area contributed by atoms with E-state index in [0.29, 0.717) is 6.54 Å². The van der Waals surface area contributed by atoms with E-state index < -0.39 is 0 Å². The van der Waals surface area contributed by atoms with E-state index in [1.165, 1.54) is 0 Å². The van der Waals surface area contributed by atoms with Crippen molar-refractivity contribution < 1.29 is 0 Å². The lowest BCUT2D eigenvalue weighted by Crippen LogP contribution is -1.99. The Balaban J connectivity index is 2.16. The van der Waals surface area contributed by atoms with Gasteiger partial charge in [-0.05, 0) is 12.1 Å². The summed E-state index contributed by atoms with van der Waals surface area (Å²) >= 11 is 1.59. The highest BCUT2D eigenvalue weighted by Gasteiger charge is 2.01. The first-order valence-electron chi connectivity index (χ1n) is 4.60. The van der Waals surface area contributed by atoms with Gasteiger partial charge in [0.25, 0.3) is 0 Å². The molecule has 0 saturated carbocycles. The maximum atomic E-state index is 5.53. The Labute approximate surface area is 92.5 Å². The zero-order valence-electron chi connectivity index (χ0n) is 8.42. The second-order valence-corrected chi connectivity index (χ2v) is 4.22. The highest BCUT2D eigenvalue weighted by atomic mass is 32.2. The normalized spacial score (nSPS) is 10.5. The Morgan fingerprint density at radius 3 is 3.00 bits per heavy atom. The fourth-order valence-corrected chi connectivity index (χ4v) is 2.06. The maximum Gasteiger partial charge on any atom is 0.101 e. The van der Waals surface area contributed by atoms with Crippen LogP contribution in [0.1, 0.15) is 5.69 Å². The van der Waals surface area contributed by atoms with E-state index >= 15 is 0 Å². The third-order valence-corrected chi connectivity index (χ3v) is 2.78. The van der Waals surface area contributed by atoms with Gasteiger partial charge in [0.1, 0.15) is 5.03 Å². The zero-order chi connectivity index (χ0) is 10.7. The lowest BCUT2D eigenvalue weighted by molar-refractivity contribution is 0.766. The number of nitrogens with zero attached hydrogens (tertiary/aromatic N) is 3. The van der Waals surface area contributed by atoms with Gasteiger partial charge in [-0.2, -0.15) is 5.10 Å². The van der Waals surface area contributed by atoms with Crippen LogP contribution in [0, 0.1) is 0 Å². The van der Waals surface area contributed by atoms with Gasteiger partial charge in [0.15, 0.2) is 0 Å². The fourth-order valence-electron chi connectivity index (χ4n) is 1.20. The number of nitrogens with two attached hydrogens (primary N) is 1. The van der Waals surface area contributed by atoms with Gasteiger partial charge in [0, 0.05) is 19.8 Å². The Morgan fingerprint density at radius 1 is 1.47 bits per heavy atom. The predicted molar refractivity (Wildman–Crippen MR) is 59.5 cm³/mol. The highest BCUT2D eigenvalue weighted by molar-refractivity contribution is 7.99. The summed E-state index contributed by atoms with van der Waals surface area (Å²) in [4.78, 5) is 5.48. The van der Waals surface area contributed by atoms with E-state index in [4.69, 9.17) is 5.73 Å². The molecule has 0 fully saturated rings. The van der Waals surface area contributed by atoms with Crippen LogP contribution in [0.3, 0.4) is 0 Å². The molecule has 0 saturated heterocycles. The van der Waals surface area contributed by atoms with Gasteiger partial charge in [0.05, 0.1) is 16.8 Å². The van der Waals surface area contributed by atoms with Crippen molar-refractivity contribution in [3.05, 3.63) is 36.3 Å². The van der Waals surface area contributed by atoms with Crippen molar-refractivity contribution in [3.8, 4) is 0 Å². The van der Waals surface area contributed by atoms with Crippen LogP contribution in [-0.4, -0.2) is 14.8 Å². The molecule has 4 nitrogen and oxygen atoms in total. The summed E-state index contributed by atoms with van der Waals surface area (Å²) in [6.07, 6.45) is 3.78. The van der Waals surface area contributed by atoms with Crippen molar-refractivity contribution in [2.45, 2.75) is 16.5 Å². The standard InChI is InChI=1S/C10H12N4S/c1-14-7-9(6-12-14)15-10-4-2-3-8(5-11)13-10/h2-4,6-7H,5,11H2,1H3. The average molecular weight is 220 g/mol. The van der Waals surface area contributed by atoms with Gasteiger partial charge in [-0.15, -0.1) is 0 Å². The molecule has 0 spiro atoms. The van der Waals surface area contributed by atoms with E-state index in [1.54, 1.807) is 16.4 Å². The number of aromatic nitrogens is 3. The SMILES string of the molecule is Cn1cc(Sc2cccc(CN)n2)cn1. The van der Waals surface area contributed by atoms with E-state index in [0.717, 1.165) is 15.6 Å². The number of aryl methyl sites for hydroxylation is 1. The molecule has 0 radical (unpaired) electrons. The number of hydrogen-bond acceptors (Lipinski definition) is 4. The van der Waals surface area contributed by atoms with E-state index in [1.807, 2.05) is 37.6 Å². The Morgan fingerprint density at radius 2 is 2.33 bits per heavy atom. The topological polar surface area (TPSA) is 56.7 Å². The van der Waals surface area contributed by atoms with E-state index in [9.17, 15) is 0 Å². The summed E-state index contributed by atoms with van der Waals surface area (Å²) in [6.45, 7) is 0.474. The molecular formula is C10H12N4S. The van der Waals surface area contributed by atoms with Crippen molar-refractivity contribution in [2.75, 3.05) is 0 Å². The third-order valence-electron chi connectivity index (χ3n) is 1.89. The summed E-state index contributed by atoms with van der Waals surface area (Å²) < 4.78 is 1.77. The summed E-state index contributed by atoms with van der Waals surface area (Å²) in [5.41, 5.74) is 6.43. The summed E-state index contributed by atoms with van der Waals surface area (Å²) in [5, 5.41) is 5.05. The van der Waals surface area contributed by atoms with Crippen LogP contribution < -0.4 is 5.73 Å². The maximum absolute atomic E-state index is 5.53. The van der Waals surface area contributed by atoms with Gasteiger partial charge in [0.2, 0.25) is 0 Å². The molecule has 2 aromatic rings. The quantitative estimate of drug-likeness (QED) is 0.850. The van der Waals surface area contributed by atoms with Crippen LogP contribution in [-0.2, 0) is 13.6 Å². The molecule has 0 aromatic carbocycles. The van der Waals surface area contributed by atoms with Crippen LogP contribution in [0.4, 0.5) is 0 Å². The van der Waals surface area contributed by atoms with Crippen molar-refractivity contribution >= 4 is 11.8 Å². The van der Waals surface area contributed by atoms with Gasteiger partial charge >= 0.3 is 0 Å². The highest BCUT2D eigenvalue weighted by Crippen LogP contribution is 2.24. The monoisotopic (exact) mass is 220 g/mol. The lowest BCUT2D eigenvalue weighted by Gasteiger charge is -1.99. The molecule has 78 valence electrons. The first-order chi connectivity index (χ1) is 7.28. The van der Waals surface area contributed by atoms with Crippen molar-refractivity contribution in [3.63, 3.8) is 0 Å². The second kappa shape index (κ2) is 4.46. The number of pyridine rings is 1. The molecule has 0 atom stereocenters. The Bertz CT molecular complexity index is 452. The van der Waals surface area contributed by atoms with Gasteiger partial charge in [-0.1, -0.05) is 17.8 Å². The minimum Gasteiger partial charge on any atom is -0.325 e. The minimum absolute atomic E-state index is 0.474. The van der Waals surface area contributed by atoms with Crippen LogP contribution in [0.2, 0.25) is 0 Å². The van der Waals surface area contributed by atoms with Crippen molar-refractivity contribution in [2.24, 2.45) is 12.8 Å². The van der Waals surface area contributed by atoms with Crippen molar-refractivity contribution in [1.29, 1.82) is 0 Å². The molecule has 15 heavy (non-hydrogen) atoms.